The molecule has 2 aromatic carbocycles. The maximum Gasteiger partial charge on any atom is 0.155 e. The summed E-state index contributed by atoms with van der Waals surface area (Å²) in [5.41, 5.74) is 8.44. The maximum atomic E-state index is 4.45. The Morgan fingerprint density at radius 3 is 1.74 bits per heavy atom. The molecule has 0 saturated heterocycles. The third-order valence-electron chi connectivity index (χ3n) is 9.56. The summed E-state index contributed by atoms with van der Waals surface area (Å²) in [5.74, 6) is 3.99. The van der Waals surface area contributed by atoms with E-state index in [1.165, 1.54) is 53.1 Å². The van der Waals surface area contributed by atoms with Crippen molar-refractivity contribution < 1.29 is 0 Å². The van der Waals surface area contributed by atoms with Gasteiger partial charge in [0.1, 0.15) is 21.7 Å². The number of fused-ring (bicyclic) bond motifs is 6. The van der Waals surface area contributed by atoms with Crippen LogP contribution in [0.4, 0.5) is 0 Å². The lowest BCUT2D eigenvalue weighted by molar-refractivity contribution is 0.247. The van der Waals surface area contributed by atoms with E-state index in [9.17, 15) is 0 Å². The predicted octanol–water partition coefficient (Wildman–Crippen LogP) is 7.74. The van der Waals surface area contributed by atoms with Gasteiger partial charge in [-0.25, -0.2) is 0 Å². The van der Waals surface area contributed by atoms with E-state index < -0.39 is 0 Å². The lowest BCUT2D eigenvalue weighted by Crippen LogP contribution is -2.22. The average Bonchev–Trinajstić information content (AvgIpc) is 3.77. The number of rotatable bonds is 4. The van der Waals surface area contributed by atoms with Gasteiger partial charge in [-0.1, -0.05) is 60.7 Å². The fraction of sp³-hybridized carbons (Fsp3) is 0.351. The zero-order valence-corrected chi connectivity index (χ0v) is 29.8. The molecule has 10 heteroatoms. The summed E-state index contributed by atoms with van der Waals surface area (Å²) < 4.78 is 4.49. The lowest BCUT2D eigenvalue weighted by atomic mass is 10.0. The second-order valence-electron chi connectivity index (χ2n) is 12.7. The predicted molar refractivity (Wildman–Crippen MR) is 191 cm³/mol. The van der Waals surface area contributed by atoms with Gasteiger partial charge in [0.05, 0.1) is 12.1 Å². The van der Waals surface area contributed by atoms with Crippen LogP contribution < -0.4 is 5.32 Å². The Bertz CT molecular complexity index is 2020. The first-order chi connectivity index (χ1) is 22.7. The standard InChI is InChI=1S/C19H22N4S.C18H20N4S/c1-12-18-21-20-14(3)23(18)19-17(11-22(12)4)16(13(2)24-19)10-15-8-6-5-7-9-15;1-11-17-21-20-13(3)22(17)18-16(10-19-11)15(12(2)23-18)9-14-7-5-4-6-8-14/h5-9,12H,10-11H2,1-4H3;4-8,11,19H,9-10H2,1-3H3/t12-;11-/m11/s1. The number of aromatic nitrogens is 6. The highest BCUT2D eigenvalue weighted by Crippen LogP contribution is 2.40. The van der Waals surface area contributed by atoms with E-state index in [-0.39, 0.29) is 12.1 Å². The van der Waals surface area contributed by atoms with Gasteiger partial charge in [-0.15, -0.1) is 43.1 Å². The Morgan fingerprint density at radius 2 is 1.17 bits per heavy atom. The lowest BCUT2D eigenvalue weighted by Gasteiger charge is -2.21. The topological polar surface area (TPSA) is 76.7 Å². The van der Waals surface area contributed by atoms with Gasteiger partial charge in [0.15, 0.2) is 11.6 Å². The minimum absolute atomic E-state index is 0.209. The van der Waals surface area contributed by atoms with Crippen molar-refractivity contribution >= 4 is 22.7 Å². The second-order valence-corrected chi connectivity index (χ2v) is 15.1. The van der Waals surface area contributed by atoms with Crippen molar-refractivity contribution in [3.05, 3.63) is 127 Å². The fourth-order valence-corrected chi connectivity index (χ4v) is 9.21. The molecular weight excluding hydrogens is 621 g/mol. The van der Waals surface area contributed by atoms with E-state index in [0.29, 0.717) is 0 Å². The number of benzene rings is 2. The van der Waals surface area contributed by atoms with Crippen LogP contribution in [0.25, 0.3) is 10.0 Å². The molecular formula is C37H42N8S2. The van der Waals surface area contributed by atoms with Crippen molar-refractivity contribution in [3.8, 4) is 10.0 Å². The molecule has 2 aliphatic heterocycles. The van der Waals surface area contributed by atoms with E-state index in [1.54, 1.807) is 0 Å². The van der Waals surface area contributed by atoms with Crippen molar-refractivity contribution in [1.29, 1.82) is 0 Å². The van der Waals surface area contributed by atoms with Crippen LogP contribution in [-0.2, 0) is 25.9 Å². The van der Waals surface area contributed by atoms with Crippen molar-refractivity contribution in [1.82, 2.24) is 39.7 Å². The molecule has 242 valence electrons. The molecule has 0 bridgehead atoms. The fourth-order valence-electron chi connectivity index (χ4n) is 6.73. The molecule has 0 saturated carbocycles. The summed E-state index contributed by atoms with van der Waals surface area (Å²) in [5, 5.41) is 23.6. The first kappa shape index (κ1) is 31.6. The van der Waals surface area contributed by atoms with E-state index >= 15 is 0 Å². The zero-order chi connectivity index (χ0) is 32.8. The molecule has 6 aromatic rings. The van der Waals surface area contributed by atoms with E-state index in [1.807, 2.05) is 36.5 Å². The second kappa shape index (κ2) is 12.9. The molecule has 4 aromatic heterocycles. The molecule has 0 unspecified atom stereocenters. The summed E-state index contributed by atoms with van der Waals surface area (Å²) in [4.78, 5) is 5.15. The third-order valence-corrected chi connectivity index (χ3v) is 11.9. The van der Waals surface area contributed by atoms with Gasteiger partial charge in [0.25, 0.3) is 0 Å². The zero-order valence-electron chi connectivity index (χ0n) is 28.2. The number of aryl methyl sites for hydroxylation is 4. The van der Waals surface area contributed by atoms with Crippen LogP contribution in [0.3, 0.4) is 0 Å². The summed E-state index contributed by atoms with van der Waals surface area (Å²) in [6.45, 7) is 14.7. The number of nitrogens with zero attached hydrogens (tertiary/aromatic N) is 7. The number of nitrogens with one attached hydrogen (secondary N) is 1. The van der Waals surface area contributed by atoms with E-state index in [0.717, 1.165) is 49.2 Å². The van der Waals surface area contributed by atoms with E-state index in [4.69, 9.17) is 0 Å². The minimum Gasteiger partial charge on any atom is -0.303 e. The molecule has 0 aliphatic carbocycles. The van der Waals surface area contributed by atoms with Crippen LogP contribution in [-0.4, -0.2) is 41.5 Å². The highest BCUT2D eigenvalue weighted by molar-refractivity contribution is 7.15. The van der Waals surface area contributed by atoms with Crippen LogP contribution in [0.15, 0.2) is 60.7 Å². The van der Waals surface area contributed by atoms with E-state index in [2.05, 4.69) is 135 Å². The van der Waals surface area contributed by atoms with Crippen molar-refractivity contribution in [2.24, 2.45) is 0 Å². The van der Waals surface area contributed by atoms with Gasteiger partial charge < -0.3 is 5.32 Å². The van der Waals surface area contributed by atoms with Crippen LogP contribution in [0.2, 0.25) is 0 Å². The van der Waals surface area contributed by atoms with Gasteiger partial charge in [-0.05, 0) is 83.7 Å². The molecule has 2 atom stereocenters. The SMILES string of the molecule is Cc1sc2c(c1Cc1ccccc1)CN(C)[C@H](C)c1nnc(C)n1-2.Cc1sc2c(c1Cc1ccccc1)CN[C@H](C)c1nnc(C)n1-2. The van der Waals surface area contributed by atoms with Crippen molar-refractivity contribution in [2.45, 2.75) is 79.6 Å². The Kier molecular flexibility index (Phi) is 8.69. The highest BCUT2D eigenvalue weighted by Gasteiger charge is 2.30. The molecule has 0 amide bonds. The molecule has 2 aliphatic rings. The normalized spacial score (nSPS) is 17.1. The molecule has 47 heavy (non-hydrogen) atoms. The van der Waals surface area contributed by atoms with Gasteiger partial charge in [0, 0.05) is 34.0 Å². The average molecular weight is 663 g/mol. The molecule has 0 fully saturated rings. The summed E-state index contributed by atoms with van der Waals surface area (Å²) in [6.07, 6.45) is 1.96. The molecule has 0 radical (unpaired) electrons. The van der Waals surface area contributed by atoms with Crippen LogP contribution in [0, 0.1) is 27.7 Å². The first-order valence-electron chi connectivity index (χ1n) is 16.3. The van der Waals surface area contributed by atoms with Crippen LogP contribution in [0.1, 0.15) is 92.4 Å². The Labute approximate surface area is 285 Å². The minimum atomic E-state index is 0.209. The Balaban J connectivity index is 0.000000150. The Hall–Kier alpha value is -3.96. The summed E-state index contributed by atoms with van der Waals surface area (Å²) in [7, 11) is 2.17. The summed E-state index contributed by atoms with van der Waals surface area (Å²) >= 11 is 3.73. The maximum absolute atomic E-state index is 4.45. The quantitative estimate of drug-likeness (QED) is 0.208. The molecule has 6 heterocycles. The number of hydrogen-bond acceptors (Lipinski definition) is 8. The van der Waals surface area contributed by atoms with Gasteiger partial charge >= 0.3 is 0 Å². The van der Waals surface area contributed by atoms with Crippen molar-refractivity contribution in [2.75, 3.05) is 7.05 Å². The summed E-state index contributed by atoms with van der Waals surface area (Å²) in [6, 6.07) is 21.9. The largest absolute Gasteiger partial charge is 0.303 e. The Morgan fingerprint density at radius 1 is 0.681 bits per heavy atom. The monoisotopic (exact) mass is 662 g/mol. The molecule has 8 nitrogen and oxygen atoms in total. The van der Waals surface area contributed by atoms with Crippen LogP contribution in [0.5, 0.6) is 0 Å². The molecule has 0 spiro atoms. The smallest absolute Gasteiger partial charge is 0.155 e. The first-order valence-corrected chi connectivity index (χ1v) is 17.9. The third kappa shape index (κ3) is 5.88. The van der Waals surface area contributed by atoms with Gasteiger partial charge in [0.2, 0.25) is 0 Å². The molecule has 1 N–H and O–H groups in total. The van der Waals surface area contributed by atoms with Gasteiger partial charge in [-0.2, -0.15) is 0 Å². The number of thiophene rings is 2. The van der Waals surface area contributed by atoms with Crippen LogP contribution >= 0.6 is 22.7 Å². The van der Waals surface area contributed by atoms with Gasteiger partial charge in [-0.3, -0.25) is 14.0 Å². The number of hydrogen-bond donors (Lipinski definition) is 1. The van der Waals surface area contributed by atoms with Crippen molar-refractivity contribution in [3.63, 3.8) is 0 Å². The highest BCUT2D eigenvalue weighted by atomic mass is 32.1. The molecule has 8 rings (SSSR count).